The van der Waals surface area contributed by atoms with Crippen LogP contribution in [0.3, 0.4) is 0 Å². The van der Waals surface area contributed by atoms with Gasteiger partial charge in [-0.05, 0) is 63.4 Å². The summed E-state index contributed by atoms with van der Waals surface area (Å²) in [4.78, 5) is 30.1. The van der Waals surface area contributed by atoms with Crippen molar-refractivity contribution in [1.29, 1.82) is 0 Å². The topological polar surface area (TPSA) is 52.7 Å². The van der Waals surface area contributed by atoms with Crippen molar-refractivity contribution in [3.63, 3.8) is 0 Å². The molecular weight excluding hydrogens is 362 g/mol. The van der Waals surface area contributed by atoms with Crippen LogP contribution in [0.25, 0.3) is 0 Å². The van der Waals surface area contributed by atoms with Crippen LogP contribution in [0.4, 0.5) is 11.4 Å². The standard InChI is InChI=1S/C24H31N3O2/c1-4-26(18-19-10-6-5-7-11-19)23(29)24(2,3)22(28)25-20-12-14-21(15-13-20)27-16-8-9-17-27/h5-7,10-15H,4,8-9,16-18H2,1-3H3,(H,25,28). The molecule has 5 heteroatoms. The maximum absolute atomic E-state index is 13.1. The number of rotatable bonds is 7. The van der Waals surface area contributed by atoms with Crippen LogP contribution in [-0.4, -0.2) is 36.3 Å². The summed E-state index contributed by atoms with van der Waals surface area (Å²) in [6.07, 6.45) is 2.46. The normalized spacial score (nSPS) is 14.0. The summed E-state index contributed by atoms with van der Waals surface area (Å²) in [6.45, 7) is 8.54. The highest BCUT2D eigenvalue weighted by molar-refractivity contribution is 6.09. The molecule has 1 aliphatic heterocycles. The van der Waals surface area contributed by atoms with Crippen LogP contribution >= 0.6 is 0 Å². The summed E-state index contributed by atoms with van der Waals surface area (Å²) in [5, 5.41) is 2.92. The van der Waals surface area contributed by atoms with Gasteiger partial charge in [0.25, 0.3) is 0 Å². The monoisotopic (exact) mass is 393 g/mol. The lowest BCUT2D eigenvalue weighted by atomic mass is 9.90. The summed E-state index contributed by atoms with van der Waals surface area (Å²) in [6, 6.07) is 17.7. The van der Waals surface area contributed by atoms with Crippen molar-refractivity contribution in [3.05, 3.63) is 60.2 Å². The lowest BCUT2D eigenvalue weighted by Crippen LogP contribution is -2.47. The molecule has 0 spiro atoms. The van der Waals surface area contributed by atoms with Crippen molar-refractivity contribution >= 4 is 23.2 Å². The molecule has 0 unspecified atom stereocenters. The van der Waals surface area contributed by atoms with Gasteiger partial charge in [0, 0.05) is 37.6 Å². The minimum atomic E-state index is -1.15. The summed E-state index contributed by atoms with van der Waals surface area (Å²) >= 11 is 0. The first kappa shape index (κ1) is 20.9. The van der Waals surface area contributed by atoms with Crippen LogP contribution in [0.5, 0.6) is 0 Å². The third-order valence-electron chi connectivity index (χ3n) is 5.58. The van der Waals surface area contributed by atoms with Gasteiger partial charge in [0.05, 0.1) is 0 Å². The Morgan fingerprint density at radius 1 is 1.00 bits per heavy atom. The number of carbonyl (C=O) groups excluding carboxylic acids is 2. The molecule has 0 atom stereocenters. The summed E-state index contributed by atoms with van der Waals surface area (Å²) < 4.78 is 0. The maximum atomic E-state index is 13.1. The average molecular weight is 394 g/mol. The van der Waals surface area contributed by atoms with Gasteiger partial charge < -0.3 is 15.1 Å². The van der Waals surface area contributed by atoms with Gasteiger partial charge in [-0.2, -0.15) is 0 Å². The second kappa shape index (κ2) is 9.12. The van der Waals surface area contributed by atoms with Crippen LogP contribution in [0.2, 0.25) is 0 Å². The zero-order valence-corrected chi connectivity index (χ0v) is 17.6. The largest absolute Gasteiger partial charge is 0.372 e. The molecule has 0 radical (unpaired) electrons. The highest BCUT2D eigenvalue weighted by Gasteiger charge is 2.38. The predicted octanol–water partition coefficient (Wildman–Crippen LogP) is 4.30. The molecule has 0 bridgehead atoms. The minimum Gasteiger partial charge on any atom is -0.372 e. The van der Waals surface area contributed by atoms with Crippen molar-refractivity contribution in [2.75, 3.05) is 29.9 Å². The van der Waals surface area contributed by atoms with E-state index in [1.54, 1.807) is 18.7 Å². The first-order valence-electron chi connectivity index (χ1n) is 10.4. The molecular formula is C24H31N3O2. The second-order valence-corrected chi connectivity index (χ2v) is 8.13. The van der Waals surface area contributed by atoms with Crippen LogP contribution in [-0.2, 0) is 16.1 Å². The highest BCUT2D eigenvalue weighted by atomic mass is 16.2. The molecule has 1 N–H and O–H groups in total. The SMILES string of the molecule is CCN(Cc1ccccc1)C(=O)C(C)(C)C(=O)Nc1ccc(N2CCCC2)cc1. The molecule has 1 fully saturated rings. The van der Waals surface area contributed by atoms with E-state index in [1.165, 1.54) is 18.5 Å². The van der Waals surface area contributed by atoms with Gasteiger partial charge >= 0.3 is 0 Å². The second-order valence-electron chi connectivity index (χ2n) is 8.13. The Kier molecular flexibility index (Phi) is 6.57. The van der Waals surface area contributed by atoms with Crippen LogP contribution in [0.15, 0.2) is 54.6 Å². The van der Waals surface area contributed by atoms with Crippen LogP contribution in [0, 0.1) is 5.41 Å². The van der Waals surface area contributed by atoms with E-state index in [0.29, 0.717) is 18.8 Å². The van der Waals surface area contributed by atoms with Gasteiger partial charge in [-0.3, -0.25) is 9.59 Å². The van der Waals surface area contributed by atoms with Crippen molar-refractivity contribution in [1.82, 2.24) is 4.90 Å². The number of nitrogens with zero attached hydrogens (tertiary/aromatic N) is 2. The molecule has 5 nitrogen and oxygen atoms in total. The lowest BCUT2D eigenvalue weighted by Gasteiger charge is -2.30. The van der Waals surface area contributed by atoms with Gasteiger partial charge in [-0.1, -0.05) is 30.3 Å². The summed E-state index contributed by atoms with van der Waals surface area (Å²) in [5.74, 6) is -0.460. The summed E-state index contributed by atoms with van der Waals surface area (Å²) in [7, 11) is 0. The Labute approximate surface area is 173 Å². The molecule has 1 saturated heterocycles. The van der Waals surface area contributed by atoms with E-state index >= 15 is 0 Å². The maximum Gasteiger partial charge on any atom is 0.239 e. The Morgan fingerprint density at radius 2 is 1.62 bits per heavy atom. The molecule has 1 heterocycles. The average Bonchev–Trinajstić information content (AvgIpc) is 3.27. The molecule has 29 heavy (non-hydrogen) atoms. The molecule has 0 saturated carbocycles. The zero-order chi connectivity index (χ0) is 20.9. The number of amides is 2. The third-order valence-corrected chi connectivity index (χ3v) is 5.58. The number of nitrogens with one attached hydrogen (secondary N) is 1. The number of hydrogen-bond donors (Lipinski definition) is 1. The summed E-state index contributed by atoms with van der Waals surface area (Å²) in [5.41, 5.74) is 1.79. The fraction of sp³-hybridized carbons (Fsp3) is 0.417. The first-order valence-corrected chi connectivity index (χ1v) is 10.4. The smallest absolute Gasteiger partial charge is 0.239 e. The van der Waals surface area contributed by atoms with Crippen molar-refractivity contribution in [2.24, 2.45) is 5.41 Å². The Morgan fingerprint density at radius 3 is 2.21 bits per heavy atom. The van der Waals surface area contributed by atoms with Gasteiger partial charge in [-0.15, -0.1) is 0 Å². The number of carbonyl (C=O) groups is 2. The van der Waals surface area contributed by atoms with Gasteiger partial charge in [0.15, 0.2) is 0 Å². The third kappa shape index (κ3) is 4.97. The molecule has 2 aromatic carbocycles. The first-order chi connectivity index (χ1) is 13.9. The molecule has 2 amide bonds. The molecule has 1 aliphatic rings. The van der Waals surface area contributed by atoms with E-state index in [2.05, 4.69) is 10.2 Å². The Bertz CT molecular complexity index is 825. The molecule has 2 aromatic rings. The molecule has 3 rings (SSSR count). The quantitative estimate of drug-likeness (QED) is 0.714. The van der Waals surface area contributed by atoms with E-state index in [4.69, 9.17) is 0 Å². The van der Waals surface area contributed by atoms with Crippen LogP contribution in [0.1, 0.15) is 39.2 Å². The van der Waals surface area contributed by atoms with E-state index in [-0.39, 0.29) is 11.8 Å². The zero-order valence-electron chi connectivity index (χ0n) is 17.6. The molecule has 154 valence electrons. The predicted molar refractivity (Wildman–Crippen MR) is 118 cm³/mol. The van der Waals surface area contributed by atoms with Crippen LogP contribution < -0.4 is 10.2 Å². The van der Waals surface area contributed by atoms with Crippen molar-refractivity contribution in [2.45, 2.75) is 40.2 Å². The Hall–Kier alpha value is -2.82. The number of anilines is 2. The molecule has 0 aromatic heterocycles. The van der Waals surface area contributed by atoms with E-state index in [9.17, 15) is 9.59 Å². The van der Waals surface area contributed by atoms with Crippen molar-refractivity contribution < 1.29 is 9.59 Å². The fourth-order valence-corrected chi connectivity index (χ4v) is 3.64. The number of hydrogen-bond acceptors (Lipinski definition) is 3. The Balaban J connectivity index is 1.65. The molecule has 0 aliphatic carbocycles. The minimum absolute atomic E-state index is 0.171. The van der Waals surface area contributed by atoms with E-state index in [0.717, 1.165) is 18.7 Å². The number of benzene rings is 2. The van der Waals surface area contributed by atoms with Gasteiger partial charge in [0.2, 0.25) is 11.8 Å². The van der Waals surface area contributed by atoms with Gasteiger partial charge in [-0.25, -0.2) is 0 Å². The van der Waals surface area contributed by atoms with Gasteiger partial charge in [0.1, 0.15) is 5.41 Å². The van der Waals surface area contributed by atoms with E-state index in [1.807, 2.05) is 61.5 Å². The fourth-order valence-electron chi connectivity index (χ4n) is 3.64. The van der Waals surface area contributed by atoms with E-state index < -0.39 is 5.41 Å². The highest BCUT2D eigenvalue weighted by Crippen LogP contribution is 2.25. The lowest BCUT2D eigenvalue weighted by molar-refractivity contribution is -0.146. The van der Waals surface area contributed by atoms with Crippen molar-refractivity contribution in [3.8, 4) is 0 Å².